The van der Waals surface area contributed by atoms with Crippen molar-refractivity contribution >= 4 is 27.6 Å². The molecule has 8 heteroatoms. The summed E-state index contributed by atoms with van der Waals surface area (Å²) < 4.78 is 31.6. The first kappa shape index (κ1) is 17.9. The Bertz CT molecular complexity index is 603. The molecule has 1 aromatic carbocycles. The third-order valence-corrected chi connectivity index (χ3v) is 4.86. The summed E-state index contributed by atoms with van der Waals surface area (Å²) in [7, 11) is -2.65. The van der Waals surface area contributed by atoms with Gasteiger partial charge in [-0.2, -0.15) is 0 Å². The largest absolute Gasteiger partial charge is 0.465 e. The molecule has 1 atom stereocenters. The van der Waals surface area contributed by atoms with E-state index in [1.165, 1.54) is 25.3 Å². The minimum Gasteiger partial charge on any atom is -0.465 e. The van der Waals surface area contributed by atoms with Crippen LogP contribution >= 0.6 is 11.6 Å². The summed E-state index contributed by atoms with van der Waals surface area (Å²) >= 11 is 5.91. The summed E-state index contributed by atoms with van der Waals surface area (Å²) in [6.07, 6.45) is 0.976. The van der Waals surface area contributed by atoms with Gasteiger partial charge in [0.2, 0.25) is 10.0 Å². The number of ether oxygens (including phenoxy) is 1. The average Bonchev–Trinajstić information content (AvgIpc) is 2.44. The lowest BCUT2D eigenvalue weighted by Crippen LogP contribution is -2.33. The van der Waals surface area contributed by atoms with Crippen LogP contribution in [0, 0.1) is 0 Å². The number of hydrogen-bond acceptors (Lipinski definition) is 5. The molecule has 1 unspecified atom stereocenters. The van der Waals surface area contributed by atoms with Gasteiger partial charge in [0.25, 0.3) is 0 Å². The molecule has 0 heterocycles. The molecule has 21 heavy (non-hydrogen) atoms. The molecule has 118 valence electrons. The van der Waals surface area contributed by atoms with Crippen molar-refractivity contribution in [2.24, 2.45) is 0 Å². The molecule has 0 amide bonds. The van der Waals surface area contributed by atoms with E-state index in [4.69, 9.17) is 16.7 Å². The van der Waals surface area contributed by atoms with E-state index in [9.17, 15) is 13.2 Å². The lowest BCUT2D eigenvalue weighted by Gasteiger charge is -2.15. The zero-order chi connectivity index (χ0) is 16.0. The van der Waals surface area contributed by atoms with Crippen LogP contribution in [0.4, 0.5) is 0 Å². The Kier molecular flexibility index (Phi) is 6.60. The fraction of sp³-hybridized carbons (Fsp3) is 0.462. The highest BCUT2D eigenvalue weighted by molar-refractivity contribution is 7.89. The van der Waals surface area contributed by atoms with E-state index in [1.807, 2.05) is 0 Å². The number of rotatable bonds is 7. The second-order valence-corrected chi connectivity index (χ2v) is 6.61. The van der Waals surface area contributed by atoms with Gasteiger partial charge in [-0.25, -0.2) is 17.9 Å². The molecule has 0 aliphatic carbocycles. The van der Waals surface area contributed by atoms with Crippen LogP contribution in [0.1, 0.15) is 30.1 Å². The maximum atomic E-state index is 12.3. The smallest absolute Gasteiger partial charge is 0.337 e. The number of aliphatic hydroxyl groups excluding tert-OH is 1. The van der Waals surface area contributed by atoms with Gasteiger partial charge < -0.3 is 9.84 Å². The Balaban J connectivity index is 3.04. The third kappa shape index (κ3) is 4.96. The minimum absolute atomic E-state index is 0.00928. The van der Waals surface area contributed by atoms with Crippen molar-refractivity contribution in [3.8, 4) is 0 Å². The van der Waals surface area contributed by atoms with Gasteiger partial charge in [0.05, 0.1) is 17.7 Å². The second-order valence-electron chi connectivity index (χ2n) is 4.52. The topological polar surface area (TPSA) is 92.7 Å². The maximum Gasteiger partial charge on any atom is 0.337 e. The number of methoxy groups -OCH3 is 1. The van der Waals surface area contributed by atoms with E-state index >= 15 is 0 Å². The van der Waals surface area contributed by atoms with Gasteiger partial charge in [-0.15, -0.1) is 0 Å². The first-order valence-corrected chi connectivity index (χ1v) is 8.19. The highest BCUT2D eigenvalue weighted by atomic mass is 35.5. The Morgan fingerprint density at radius 1 is 1.48 bits per heavy atom. The van der Waals surface area contributed by atoms with Crippen molar-refractivity contribution in [3.05, 3.63) is 28.8 Å². The fourth-order valence-corrected chi connectivity index (χ4v) is 3.54. The van der Waals surface area contributed by atoms with Crippen molar-refractivity contribution in [1.29, 1.82) is 0 Å². The summed E-state index contributed by atoms with van der Waals surface area (Å²) in [5, 5.41) is 8.77. The van der Waals surface area contributed by atoms with Crippen LogP contribution in [-0.2, 0) is 14.8 Å². The number of carbonyl (C=O) groups is 1. The van der Waals surface area contributed by atoms with Gasteiger partial charge in [-0.1, -0.05) is 11.6 Å². The van der Waals surface area contributed by atoms with Crippen LogP contribution in [0.3, 0.4) is 0 Å². The molecule has 0 radical (unpaired) electrons. The van der Waals surface area contributed by atoms with Gasteiger partial charge in [0, 0.05) is 12.6 Å². The van der Waals surface area contributed by atoms with Crippen LogP contribution in [0.15, 0.2) is 23.1 Å². The Labute approximate surface area is 129 Å². The predicted molar refractivity (Wildman–Crippen MR) is 78.9 cm³/mol. The monoisotopic (exact) mass is 335 g/mol. The molecule has 0 saturated heterocycles. The quantitative estimate of drug-likeness (QED) is 0.738. The second kappa shape index (κ2) is 7.74. The number of sulfonamides is 1. The molecule has 0 aromatic heterocycles. The highest BCUT2D eigenvalue weighted by Gasteiger charge is 2.22. The summed E-state index contributed by atoms with van der Waals surface area (Å²) in [6.45, 7) is 1.68. The maximum absolute atomic E-state index is 12.3. The molecule has 0 aliphatic heterocycles. The Hall–Kier alpha value is -1.15. The number of benzene rings is 1. The highest BCUT2D eigenvalue weighted by Crippen LogP contribution is 2.23. The number of esters is 1. The molecular weight excluding hydrogens is 318 g/mol. The molecule has 0 spiro atoms. The SMILES string of the molecule is COC(=O)c1ccc(Cl)c(S(=O)(=O)NC(C)CCCO)c1. The summed E-state index contributed by atoms with van der Waals surface area (Å²) in [6, 6.07) is 3.54. The summed E-state index contributed by atoms with van der Waals surface area (Å²) in [4.78, 5) is 11.3. The normalized spacial score (nSPS) is 13.0. The number of nitrogens with one attached hydrogen (secondary N) is 1. The summed E-state index contributed by atoms with van der Waals surface area (Å²) in [5.74, 6) is -0.642. The minimum atomic E-state index is -3.86. The van der Waals surface area contributed by atoms with E-state index in [0.29, 0.717) is 12.8 Å². The molecule has 6 nitrogen and oxygen atoms in total. The first-order chi connectivity index (χ1) is 9.81. The van der Waals surface area contributed by atoms with Crippen LogP contribution in [0.2, 0.25) is 5.02 Å². The standard InChI is InChI=1S/C13H18ClNO5S/c1-9(4-3-7-16)15-21(18,19)12-8-10(13(17)20-2)5-6-11(12)14/h5-6,8-9,15-16H,3-4,7H2,1-2H3. The van der Waals surface area contributed by atoms with E-state index in [1.54, 1.807) is 6.92 Å². The fourth-order valence-electron chi connectivity index (χ4n) is 1.74. The van der Waals surface area contributed by atoms with Gasteiger partial charge in [-0.05, 0) is 38.0 Å². The lowest BCUT2D eigenvalue weighted by molar-refractivity contribution is 0.0600. The van der Waals surface area contributed by atoms with Crippen molar-refractivity contribution in [2.75, 3.05) is 13.7 Å². The van der Waals surface area contributed by atoms with Crippen LogP contribution in [-0.4, -0.2) is 39.3 Å². The predicted octanol–water partition coefficient (Wildman–Crippen LogP) is 1.57. The van der Waals surface area contributed by atoms with E-state index in [-0.39, 0.29) is 28.1 Å². The van der Waals surface area contributed by atoms with Crippen molar-refractivity contribution in [2.45, 2.75) is 30.7 Å². The van der Waals surface area contributed by atoms with Gasteiger partial charge in [-0.3, -0.25) is 0 Å². The number of hydrogen-bond donors (Lipinski definition) is 2. The molecule has 2 N–H and O–H groups in total. The van der Waals surface area contributed by atoms with Crippen LogP contribution < -0.4 is 4.72 Å². The van der Waals surface area contributed by atoms with Crippen LogP contribution in [0.5, 0.6) is 0 Å². The number of carbonyl (C=O) groups excluding carboxylic acids is 1. The Morgan fingerprint density at radius 2 is 2.14 bits per heavy atom. The molecular formula is C13H18ClNO5S. The summed E-state index contributed by atoms with van der Waals surface area (Å²) in [5.41, 5.74) is 0.102. The van der Waals surface area contributed by atoms with Gasteiger partial charge in [0.1, 0.15) is 4.90 Å². The van der Waals surface area contributed by atoms with E-state index < -0.39 is 16.0 Å². The van der Waals surface area contributed by atoms with E-state index in [0.717, 1.165) is 0 Å². The average molecular weight is 336 g/mol. The number of halogens is 1. The zero-order valence-corrected chi connectivity index (χ0v) is 13.4. The third-order valence-electron chi connectivity index (χ3n) is 2.79. The van der Waals surface area contributed by atoms with E-state index in [2.05, 4.69) is 9.46 Å². The molecule has 1 aromatic rings. The number of aliphatic hydroxyl groups is 1. The first-order valence-electron chi connectivity index (χ1n) is 6.33. The van der Waals surface area contributed by atoms with Crippen molar-refractivity contribution in [3.63, 3.8) is 0 Å². The molecule has 0 fully saturated rings. The molecule has 1 rings (SSSR count). The van der Waals surface area contributed by atoms with Gasteiger partial charge in [0.15, 0.2) is 0 Å². The Morgan fingerprint density at radius 3 is 2.71 bits per heavy atom. The van der Waals surface area contributed by atoms with Gasteiger partial charge >= 0.3 is 5.97 Å². The molecule has 0 bridgehead atoms. The van der Waals surface area contributed by atoms with Crippen molar-refractivity contribution in [1.82, 2.24) is 4.72 Å². The molecule has 0 saturated carbocycles. The lowest BCUT2D eigenvalue weighted by atomic mass is 10.2. The van der Waals surface area contributed by atoms with Crippen molar-refractivity contribution < 1.29 is 23.1 Å². The zero-order valence-electron chi connectivity index (χ0n) is 11.8. The molecule has 0 aliphatic rings. The van der Waals surface area contributed by atoms with Crippen LogP contribution in [0.25, 0.3) is 0 Å².